The molecule has 19 heavy (non-hydrogen) atoms. The Balaban J connectivity index is 2.72. The maximum absolute atomic E-state index is 12.5. The van der Waals surface area contributed by atoms with Gasteiger partial charge in [0.1, 0.15) is 0 Å². The van der Waals surface area contributed by atoms with Crippen molar-refractivity contribution >= 4 is 16.5 Å². The van der Waals surface area contributed by atoms with Gasteiger partial charge in [0.25, 0.3) is 5.69 Å². The van der Waals surface area contributed by atoms with E-state index in [1.165, 1.54) is 24.3 Å². The maximum atomic E-state index is 12.5. The number of hydrogen-bond acceptors (Lipinski definition) is 4. The summed E-state index contributed by atoms with van der Waals surface area (Å²) in [5.74, 6) is 0. The van der Waals surface area contributed by atoms with E-state index in [0.29, 0.717) is 0 Å². The summed E-state index contributed by atoms with van der Waals surface area (Å²) in [4.78, 5) is 13.6. The molecule has 0 saturated carbocycles. The lowest BCUT2D eigenvalue weighted by Crippen LogP contribution is -2.21. The molecule has 0 aliphatic rings. The predicted molar refractivity (Wildman–Crippen MR) is 59.4 cm³/mol. The van der Waals surface area contributed by atoms with Crippen molar-refractivity contribution in [2.75, 3.05) is 0 Å². The minimum Gasteiger partial charge on any atom is -0.378 e. The molecule has 0 saturated heterocycles. The van der Waals surface area contributed by atoms with Crippen LogP contribution in [-0.4, -0.2) is 21.2 Å². The zero-order chi connectivity index (χ0) is 14.2. The van der Waals surface area contributed by atoms with Gasteiger partial charge in [-0.2, -0.15) is 13.2 Å². The van der Waals surface area contributed by atoms with Gasteiger partial charge in [0.15, 0.2) is 6.10 Å². The summed E-state index contributed by atoms with van der Waals surface area (Å²) >= 11 is 0. The standard InChI is InChI=1S/C11H7F3N2O3/c12-11(13,14)10(17)9-7-2-1-3-8(16(18)19)6(7)4-5-15-9/h1-5,10,17H. The van der Waals surface area contributed by atoms with Crippen LogP contribution in [0.15, 0.2) is 30.5 Å². The molecule has 1 aromatic carbocycles. The quantitative estimate of drug-likeness (QED) is 0.673. The van der Waals surface area contributed by atoms with Crippen LogP contribution in [0.1, 0.15) is 11.8 Å². The minimum absolute atomic E-state index is 0.000741. The third-order valence-corrected chi connectivity index (χ3v) is 2.58. The molecule has 100 valence electrons. The SMILES string of the molecule is O=[N+]([O-])c1cccc2c(C(O)C(F)(F)F)nccc12. The highest BCUT2D eigenvalue weighted by Crippen LogP contribution is 2.36. The number of halogens is 3. The molecule has 2 aromatic rings. The van der Waals surface area contributed by atoms with Gasteiger partial charge in [-0.3, -0.25) is 15.1 Å². The third-order valence-electron chi connectivity index (χ3n) is 2.58. The van der Waals surface area contributed by atoms with Crippen molar-refractivity contribution in [1.29, 1.82) is 0 Å². The Morgan fingerprint density at radius 2 is 1.95 bits per heavy atom. The average molecular weight is 272 g/mol. The van der Waals surface area contributed by atoms with E-state index in [1.54, 1.807) is 0 Å². The first-order chi connectivity index (χ1) is 8.82. The van der Waals surface area contributed by atoms with E-state index in [4.69, 9.17) is 0 Å². The molecule has 0 fully saturated rings. The molecule has 1 N–H and O–H groups in total. The molecule has 8 heteroatoms. The summed E-state index contributed by atoms with van der Waals surface area (Å²) in [5, 5.41) is 19.9. The van der Waals surface area contributed by atoms with Crippen molar-refractivity contribution in [3.05, 3.63) is 46.3 Å². The number of nitrogens with zero attached hydrogens (tertiary/aromatic N) is 2. The van der Waals surface area contributed by atoms with Gasteiger partial charge in [-0.15, -0.1) is 0 Å². The maximum Gasteiger partial charge on any atom is 0.420 e. The number of rotatable bonds is 2. The highest BCUT2D eigenvalue weighted by molar-refractivity contribution is 5.92. The van der Waals surface area contributed by atoms with Gasteiger partial charge < -0.3 is 5.11 Å². The highest BCUT2D eigenvalue weighted by atomic mass is 19.4. The lowest BCUT2D eigenvalue weighted by molar-refractivity contribution is -0.383. The molecule has 0 radical (unpaired) electrons. The Morgan fingerprint density at radius 1 is 1.26 bits per heavy atom. The van der Waals surface area contributed by atoms with Gasteiger partial charge in [0.05, 0.1) is 16.0 Å². The molecule has 0 amide bonds. The smallest absolute Gasteiger partial charge is 0.378 e. The van der Waals surface area contributed by atoms with E-state index >= 15 is 0 Å². The predicted octanol–water partition coefficient (Wildman–Crippen LogP) is 2.74. The van der Waals surface area contributed by atoms with Crippen LogP contribution in [0.5, 0.6) is 0 Å². The zero-order valence-electron chi connectivity index (χ0n) is 9.26. The Morgan fingerprint density at radius 3 is 2.53 bits per heavy atom. The molecule has 1 aromatic heterocycles. The first-order valence-corrected chi connectivity index (χ1v) is 5.09. The van der Waals surface area contributed by atoms with Crippen molar-refractivity contribution in [3.8, 4) is 0 Å². The Kier molecular flexibility index (Phi) is 3.11. The first kappa shape index (κ1) is 13.2. The van der Waals surface area contributed by atoms with Crippen LogP contribution in [0, 0.1) is 10.1 Å². The molecule has 5 nitrogen and oxygen atoms in total. The number of alkyl halides is 3. The number of nitro benzene ring substituents is 1. The van der Waals surface area contributed by atoms with Gasteiger partial charge >= 0.3 is 6.18 Å². The number of nitro groups is 1. The second-order valence-corrected chi connectivity index (χ2v) is 3.77. The molecule has 1 heterocycles. The monoisotopic (exact) mass is 272 g/mol. The summed E-state index contributed by atoms with van der Waals surface area (Å²) in [6.45, 7) is 0. The minimum atomic E-state index is -4.88. The summed E-state index contributed by atoms with van der Waals surface area (Å²) in [6, 6.07) is 4.90. The lowest BCUT2D eigenvalue weighted by atomic mass is 10.0. The average Bonchev–Trinajstić information content (AvgIpc) is 2.35. The molecule has 1 atom stereocenters. The molecular weight excluding hydrogens is 265 g/mol. The number of benzene rings is 1. The number of pyridine rings is 1. The molecular formula is C11H7F3N2O3. The van der Waals surface area contributed by atoms with Crippen LogP contribution in [0.2, 0.25) is 0 Å². The first-order valence-electron chi connectivity index (χ1n) is 5.09. The van der Waals surface area contributed by atoms with Gasteiger partial charge in [0, 0.05) is 17.6 Å². The molecule has 0 aliphatic heterocycles. The van der Waals surface area contributed by atoms with Crippen molar-refractivity contribution in [2.45, 2.75) is 12.3 Å². The molecule has 0 bridgehead atoms. The molecule has 0 spiro atoms. The van der Waals surface area contributed by atoms with Gasteiger partial charge in [-0.25, -0.2) is 0 Å². The number of aliphatic hydroxyl groups excluding tert-OH is 1. The van der Waals surface area contributed by atoms with E-state index < -0.39 is 22.9 Å². The fourth-order valence-corrected chi connectivity index (χ4v) is 1.75. The van der Waals surface area contributed by atoms with E-state index in [9.17, 15) is 28.4 Å². The van der Waals surface area contributed by atoms with Crippen molar-refractivity contribution in [2.24, 2.45) is 0 Å². The van der Waals surface area contributed by atoms with Gasteiger partial charge in [-0.05, 0) is 6.07 Å². The Hall–Kier alpha value is -2.22. The molecule has 0 aliphatic carbocycles. The number of fused-ring (bicyclic) bond motifs is 1. The summed E-state index contributed by atoms with van der Waals surface area (Å²) in [5.41, 5.74) is -0.982. The van der Waals surface area contributed by atoms with Gasteiger partial charge in [-0.1, -0.05) is 12.1 Å². The largest absolute Gasteiger partial charge is 0.420 e. The van der Waals surface area contributed by atoms with E-state index in [0.717, 1.165) is 6.20 Å². The van der Waals surface area contributed by atoms with Crippen molar-refractivity contribution in [1.82, 2.24) is 4.98 Å². The van der Waals surface area contributed by atoms with Crippen LogP contribution < -0.4 is 0 Å². The van der Waals surface area contributed by atoms with E-state index in [-0.39, 0.29) is 16.5 Å². The lowest BCUT2D eigenvalue weighted by Gasteiger charge is -2.15. The fourth-order valence-electron chi connectivity index (χ4n) is 1.75. The Bertz CT molecular complexity index is 643. The number of aliphatic hydroxyl groups is 1. The zero-order valence-corrected chi connectivity index (χ0v) is 9.26. The molecule has 2 rings (SSSR count). The molecule has 1 unspecified atom stereocenters. The van der Waals surface area contributed by atoms with Gasteiger partial charge in [0.2, 0.25) is 0 Å². The Labute approximate surface area is 104 Å². The van der Waals surface area contributed by atoms with E-state index in [2.05, 4.69) is 4.98 Å². The van der Waals surface area contributed by atoms with E-state index in [1.807, 2.05) is 0 Å². The summed E-state index contributed by atoms with van der Waals surface area (Å²) in [6.07, 6.45) is -6.66. The van der Waals surface area contributed by atoms with Crippen LogP contribution >= 0.6 is 0 Å². The van der Waals surface area contributed by atoms with Crippen LogP contribution in [0.3, 0.4) is 0 Å². The third kappa shape index (κ3) is 2.34. The normalized spacial score (nSPS) is 13.5. The van der Waals surface area contributed by atoms with Crippen molar-refractivity contribution in [3.63, 3.8) is 0 Å². The van der Waals surface area contributed by atoms with Crippen LogP contribution in [0.4, 0.5) is 18.9 Å². The number of aromatic nitrogens is 1. The summed E-state index contributed by atoms with van der Waals surface area (Å²) < 4.78 is 37.5. The summed E-state index contributed by atoms with van der Waals surface area (Å²) in [7, 11) is 0. The van der Waals surface area contributed by atoms with Crippen LogP contribution in [-0.2, 0) is 0 Å². The number of non-ortho nitro benzene ring substituents is 1. The van der Waals surface area contributed by atoms with Crippen LogP contribution in [0.25, 0.3) is 10.8 Å². The fraction of sp³-hybridized carbons (Fsp3) is 0.182. The topological polar surface area (TPSA) is 76.3 Å². The second kappa shape index (κ2) is 4.47. The number of hydrogen-bond donors (Lipinski definition) is 1. The van der Waals surface area contributed by atoms with Crippen molar-refractivity contribution < 1.29 is 23.2 Å². The highest BCUT2D eigenvalue weighted by Gasteiger charge is 2.41. The second-order valence-electron chi connectivity index (χ2n) is 3.77.